The van der Waals surface area contributed by atoms with Crippen LogP contribution in [0.4, 0.5) is 4.39 Å². The van der Waals surface area contributed by atoms with E-state index >= 15 is 4.39 Å². The lowest BCUT2D eigenvalue weighted by molar-refractivity contribution is -0.160. The lowest BCUT2D eigenvalue weighted by Gasteiger charge is -2.28. The molecule has 1 unspecified atom stereocenters. The Kier molecular flexibility index (Phi) is 7.29. The maximum absolute atomic E-state index is 15.5. The van der Waals surface area contributed by atoms with E-state index in [-0.39, 0.29) is 22.8 Å². The second-order valence-corrected chi connectivity index (χ2v) is 12.0. The van der Waals surface area contributed by atoms with Gasteiger partial charge in [0.25, 0.3) is 0 Å². The van der Waals surface area contributed by atoms with Crippen LogP contribution in [0.1, 0.15) is 92.4 Å². The van der Waals surface area contributed by atoms with Crippen molar-refractivity contribution in [2.75, 3.05) is 6.61 Å². The standard InChI is InChI=1S/C31H36FN3O5/c1-16(12-19-9-10-19)13-24(36)23-15-25-33-18(3)26(29(30(37)38)40-31(4,5)6)27(35(25)34-23)21-14-22(32)28-20(17(21)2)8-7-11-39-28/h13-15,19,29H,7-12H2,1-6H3,(H,37,38). The fourth-order valence-electron chi connectivity index (χ4n) is 5.45. The normalized spacial score (nSPS) is 16.5. The zero-order valence-electron chi connectivity index (χ0n) is 23.9. The highest BCUT2D eigenvalue weighted by atomic mass is 19.1. The molecule has 1 N–H and O–H groups in total. The van der Waals surface area contributed by atoms with E-state index in [1.54, 1.807) is 39.8 Å². The van der Waals surface area contributed by atoms with Crippen LogP contribution in [-0.2, 0) is 16.0 Å². The molecule has 3 heterocycles. The van der Waals surface area contributed by atoms with Gasteiger partial charge in [-0.15, -0.1) is 0 Å². The maximum atomic E-state index is 15.5. The SMILES string of the molecule is CC(=CC(=O)c1cc2nc(C)c(C(OC(C)(C)C)C(=O)O)c(-c3cc(F)c4c(c3C)CCCO4)n2n1)CC1CC1. The van der Waals surface area contributed by atoms with Gasteiger partial charge >= 0.3 is 5.97 Å². The Balaban J connectivity index is 1.76. The minimum absolute atomic E-state index is 0.184. The Morgan fingerprint density at radius 1 is 1.27 bits per heavy atom. The van der Waals surface area contributed by atoms with Crippen LogP contribution in [0.15, 0.2) is 23.8 Å². The largest absolute Gasteiger partial charge is 0.490 e. The van der Waals surface area contributed by atoms with Gasteiger partial charge in [0.05, 0.1) is 17.9 Å². The monoisotopic (exact) mass is 549 g/mol. The topological polar surface area (TPSA) is 103 Å². The van der Waals surface area contributed by atoms with E-state index in [9.17, 15) is 14.7 Å². The van der Waals surface area contributed by atoms with Crippen molar-refractivity contribution in [2.24, 2.45) is 5.92 Å². The first-order valence-corrected chi connectivity index (χ1v) is 13.8. The summed E-state index contributed by atoms with van der Waals surface area (Å²) in [6.45, 7) is 11.3. The summed E-state index contributed by atoms with van der Waals surface area (Å²) in [7, 11) is 0. The quantitative estimate of drug-likeness (QED) is 0.258. The molecule has 0 radical (unpaired) electrons. The third-order valence-electron chi connectivity index (χ3n) is 7.42. The van der Waals surface area contributed by atoms with Gasteiger partial charge in [-0.25, -0.2) is 18.7 Å². The summed E-state index contributed by atoms with van der Waals surface area (Å²) in [5, 5.41) is 14.9. The van der Waals surface area contributed by atoms with E-state index in [0.29, 0.717) is 41.5 Å². The molecule has 0 bridgehead atoms. The number of carboxylic acids is 1. The van der Waals surface area contributed by atoms with Crippen molar-refractivity contribution in [3.63, 3.8) is 0 Å². The van der Waals surface area contributed by atoms with E-state index in [0.717, 1.165) is 29.5 Å². The number of fused-ring (bicyclic) bond motifs is 2. The molecule has 1 saturated carbocycles. The maximum Gasteiger partial charge on any atom is 0.337 e. The molecular weight excluding hydrogens is 513 g/mol. The average Bonchev–Trinajstić information content (AvgIpc) is 3.58. The fraction of sp³-hybridized carbons (Fsp3) is 0.484. The van der Waals surface area contributed by atoms with E-state index in [1.165, 1.54) is 23.4 Å². The third-order valence-corrected chi connectivity index (χ3v) is 7.42. The number of aryl methyl sites for hydroxylation is 1. The number of ketones is 1. The molecule has 1 fully saturated rings. The Labute approximate surface area is 233 Å². The molecule has 9 heteroatoms. The number of carboxylic acid groups (broad SMARTS) is 1. The summed E-state index contributed by atoms with van der Waals surface area (Å²) in [5.74, 6) is -1.12. The van der Waals surface area contributed by atoms with Crippen LogP contribution in [-0.4, -0.2) is 43.7 Å². The number of rotatable bonds is 8. The number of hydrogen-bond donors (Lipinski definition) is 1. The molecular formula is C31H36FN3O5. The van der Waals surface area contributed by atoms with Crippen LogP contribution in [0.2, 0.25) is 0 Å². The Morgan fingerprint density at radius 3 is 2.65 bits per heavy atom. The molecule has 1 aromatic carbocycles. The molecule has 2 aromatic heterocycles. The predicted molar refractivity (Wildman–Crippen MR) is 148 cm³/mol. The summed E-state index contributed by atoms with van der Waals surface area (Å²) >= 11 is 0. The van der Waals surface area contributed by atoms with Gasteiger partial charge in [-0.3, -0.25) is 4.79 Å². The summed E-state index contributed by atoms with van der Waals surface area (Å²) in [6, 6.07) is 2.95. The highest BCUT2D eigenvalue weighted by Gasteiger charge is 2.35. The van der Waals surface area contributed by atoms with Crippen molar-refractivity contribution in [3.8, 4) is 17.0 Å². The number of carbonyl (C=O) groups is 2. The van der Waals surface area contributed by atoms with E-state index < -0.39 is 23.5 Å². The number of allylic oxidation sites excluding steroid dienone is 2. The molecule has 5 rings (SSSR count). The number of nitrogens with zero attached hydrogens (tertiary/aromatic N) is 3. The number of benzene rings is 1. The van der Waals surface area contributed by atoms with Crippen molar-refractivity contribution in [1.29, 1.82) is 0 Å². The predicted octanol–water partition coefficient (Wildman–Crippen LogP) is 6.35. The van der Waals surface area contributed by atoms with Gasteiger partial charge in [0.1, 0.15) is 5.69 Å². The van der Waals surface area contributed by atoms with Crippen molar-refractivity contribution in [1.82, 2.24) is 14.6 Å². The van der Waals surface area contributed by atoms with Crippen LogP contribution in [0, 0.1) is 25.6 Å². The molecule has 8 nitrogen and oxygen atoms in total. The summed E-state index contributed by atoms with van der Waals surface area (Å²) in [6.07, 6.45) is 4.82. The minimum Gasteiger partial charge on any atom is -0.490 e. The zero-order chi connectivity index (χ0) is 28.9. The molecule has 1 atom stereocenters. The van der Waals surface area contributed by atoms with Crippen LogP contribution >= 0.6 is 0 Å². The lowest BCUT2D eigenvalue weighted by Crippen LogP contribution is -2.29. The smallest absolute Gasteiger partial charge is 0.337 e. The van der Waals surface area contributed by atoms with Crippen molar-refractivity contribution >= 4 is 17.4 Å². The van der Waals surface area contributed by atoms with Gasteiger partial charge in [0.15, 0.2) is 23.3 Å². The third kappa shape index (κ3) is 5.52. The second-order valence-electron chi connectivity index (χ2n) is 12.0. The highest BCUT2D eigenvalue weighted by molar-refractivity contribution is 6.04. The first kappa shape index (κ1) is 28.0. The van der Waals surface area contributed by atoms with E-state index in [1.807, 2.05) is 13.8 Å². The zero-order valence-corrected chi connectivity index (χ0v) is 23.9. The van der Waals surface area contributed by atoms with Gasteiger partial charge in [-0.05, 0) is 97.3 Å². The van der Waals surface area contributed by atoms with Gasteiger partial charge in [-0.2, -0.15) is 5.10 Å². The van der Waals surface area contributed by atoms with Crippen LogP contribution < -0.4 is 4.74 Å². The Morgan fingerprint density at radius 2 is 2.00 bits per heavy atom. The number of aliphatic carboxylic acids is 1. The minimum atomic E-state index is -1.41. The van der Waals surface area contributed by atoms with Crippen molar-refractivity contribution in [3.05, 3.63) is 57.7 Å². The first-order valence-electron chi connectivity index (χ1n) is 13.8. The number of ether oxygens (including phenoxy) is 2. The van der Waals surface area contributed by atoms with Gasteiger partial charge in [0.2, 0.25) is 5.78 Å². The van der Waals surface area contributed by atoms with Crippen LogP contribution in [0.5, 0.6) is 5.75 Å². The number of carbonyl (C=O) groups excluding carboxylic acids is 1. The molecule has 0 amide bonds. The molecule has 40 heavy (non-hydrogen) atoms. The number of hydrogen-bond acceptors (Lipinski definition) is 6. The fourth-order valence-corrected chi connectivity index (χ4v) is 5.45. The van der Waals surface area contributed by atoms with Crippen molar-refractivity contribution in [2.45, 2.75) is 85.4 Å². The molecule has 3 aromatic rings. The molecule has 0 spiro atoms. The summed E-state index contributed by atoms with van der Waals surface area (Å²) < 4.78 is 28.6. The number of aromatic nitrogens is 3. The molecule has 0 saturated heterocycles. The molecule has 1 aliphatic heterocycles. The van der Waals surface area contributed by atoms with Gasteiger partial charge < -0.3 is 14.6 Å². The first-order chi connectivity index (χ1) is 18.8. The Hall–Kier alpha value is -3.59. The van der Waals surface area contributed by atoms with E-state index in [4.69, 9.17) is 9.47 Å². The molecule has 2 aliphatic rings. The summed E-state index contributed by atoms with van der Waals surface area (Å²) in [5.41, 5.74) is 3.68. The van der Waals surface area contributed by atoms with Crippen LogP contribution in [0.25, 0.3) is 16.9 Å². The summed E-state index contributed by atoms with van der Waals surface area (Å²) in [4.78, 5) is 30.5. The van der Waals surface area contributed by atoms with Crippen LogP contribution in [0.3, 0.4) is 0 Å². The Bertz CT molecular complexity index is 1550. The van der Waals surface area contributed by atoms with Gasteiger partial charge in [0, 0.05) is 28.5 Å². The average molecular weight is 550 g/mol. The molecule has 1 aliphatic carbocycles. The number of halogens is 1. The highest BCUT2D eigenvalue weighted by Crippen LogP contribution is 2.41. The molecule has 212 valence electrons. The second kappa shape index (κ2) is 10.4. The van der Waals surface area contributed by atoms with Gasteiger partial charge in [-0.1, -0.05) is 5.57 Å². The van der Waals surface area contributed by atoms with E-state index in [2.05, 4.69) is 10.1 Å². The lowest BCUT2D eigenvalue weighted by atomic mass is 9.91. The van der Waals surface area contributed by atoms with Crippen molar-refractivity contribution < 1.29 is 28.6 Å².